The standard InChI is InChI=1S/C23H20ClN3O5S/c1-12-20(33-13(2)26-12)10-19(23(31)32)27-22(30)17-7-6-15(9-18(17)24)21(29)25-11-14-4-3-5-16(28)8-14/h3-10,28H,11H2,1-2H3,(H,25,29)(H,27,30)(H,31,32)/b19-10-. The van der Waals surface area contributed by atoms with Crippen molar-refractivity contribution in [3.63, 3.8) is 0 Å². The van der Waals surface area contributed by atoms with Gasteiger partial charge in [-0.1, -0.05) is 23.7 Å². The van der Waals surface area contributed by atoms with E-state index in [1.165, 1.54) is 47.7 Å². The lowest BCUT2D eigenvalue weighted by Gasteiger charge is -2.10. The van der Waals surface area contributed by atoms with Crippen LogP contribution >= 0.6 is 22.9 Å². The van der Waals surface area contributed by atoms with E-state index in [-0.39, 0.29) is 34.1 Å². The van der Waals surface area contributed by atoms with Crippen LogP contribution in [0.2, 0.25) is 5.02 Å². The molecule has 0 fully saturated rings. The molecule has 0 radical (unpaired) electrons. The van der Waals surface area contributed by atoms with Gasteiger partial charge in [0.25, 0.3) is 11.8 Å². The average Bonchev–Trinajstić information content (AvgIpc) is 3.07. The van der Waals surface area contributed by atoms with E-state index in [4.69, 9.17) is 11.6 Å². The van der Waals surface area contributed by atoms with E-state index >= 15 is 0 Å². The molecule has 0 aliphatic heterocycles. The van der Waals surface area contributed by atoms with Crippen LogP contribution < -0.4 is 10.6 Å². The number of aromatic nitrogens is 1. The Morgan fingerprint density at radius 2 is 1.88 bits per heavy atom. The van der Waals surface area contributed by atoms with Crippen LogP contribution in [0.25, 0.3) is 6.08 Å². The van der Waals surface area contributed by atoms with Crippen molar-refractivity contribution >= 4 is 46.8 Å². The number of carboxylic acid groups (broad SMARTS) is 1. The summed E-state index contributed by atoms with van der Waals surface area (Å²) in [6.07, 6.45) is 1.34. The largest absolute Gasteiger partial charge is 0.508 e. The minimum Gasteiger partial charge on any atom is -0.508 e. The number of nitrogens with one attached hydrogen (secondary N) is 2. The number of benzene rings is 2. The van der Waals surface area contributed by atoms with Gasteiger partial charge in [-0.2, -0.15) is 0 Å². The third-order valence-corrected chi connectivity index (χ3v) is 5.87. The van der Waals surface area contributed by atoms with Gasteiger partial charge in [0.05, 0.1) is 26.2 Å². The van der Waals surface area contributed by atoms with Crippen molar-refractivity contribution < 1.29 is 24.6 Å². The number of aryl methyl sites for hydroxylation is 2. The summed E-state index contributed by atoms with van der Waals surface area (Å²) in [6.45, 7) is 3.74. The van der Waals surface area contributed by atoms with Crippen LogP contribution in [0.15, 0.2) is 48.2 Å². The van der Waals surface area contributed by atoms with E-state index < -0.39 is 17.8 Å². The van der Waals surface area contributed by atoms with E-state index in [1.54, 1.807) is 26.0 Å². The van der Waals surface area contributed by atoms with Gasteiger partial charge in [-0.3, -0.25) is 9.59 Å². The van der Waals surface area contributed by atoms with E-state index in [0.717, 1.165) is 5.01 Å². The summed E-state index contributed by atoms with van der Waals surface area (Å²) in [4.78, 5) is 41.5. The molecule has 10 heteroatoms. The molecule has 2 aromatic carbocycles. The summed E-state index contributed by atoms with van der Waals surface area (Å²) < 4.78 is 0. The van der Waals surface area contributed by atoms with Gasteiger partial charge >= 0.3 is 5.97 Å². The average molecular weight is 486 g/mol. The third-order valence-electron chi connectivity index (χ3n) is 4.53. The van der Waals surface area contributed by atoms with Gasteiger partial charge in [0, 0.05) is 12.1 Å². The zero-order valence-electron chi connectivity index (χ0n) is 17.7. The Morgan fingerprint density at radius 1 is 1.12 bits per heavy atom. The smallest absolute Gasteiger partial charge is 0.352 e. The number of carbonyl (C=O) groups is 3. The van der Waals surface area contributed by atoms with Gasteiger partial charge in [0.2, 0.25) is 0 Å². The molecule has 3 rings (SSSR count). The van der Waals surface area contributed by atoms with E-state index in [1.807, 2.05) is 0 Å². The molecule has 1 heterocycles. The molecule has 0 aliphatic carbocycles. The molecule has 33 heavy (non-hydrogen) atoms. The summed E-state index contributed by atoms with van der Waals surface area (Å²) in [7, 11) is 0. The molecule has 0 bridgehead atoms. The summed E-state index contributed by atoms with van der Waals surface area (Å²) in [6, 6.07) is 10.6. The highest BCUT2D eigenvalue weighted by molar-refractivity contribution is 7.12. The van der Waals surface area contributed by atoms with Gasteiger partial charge in [0.1, 0.15) is 11.4 Å². The monoisotopic (exact) mass is 485 g/mol. The lowest BCUT2D eigenvalue weighted by molar-refractivity contribution is -0.132. The second-order valence-electron chi connectivity index (χ2n) is 7.05. The molecule has 3 aromatic rings. The summed E-state index contributed by atoms with van der Waals surface area (Å²) >= 11 is 7.52. The highest BCUT2D eigenvalue weighted by Crippen LogP contribution is 2.22. The number of amides is 2. The quantitative estimate of drug-likeness (QED) is 0.376. The lowest BCUT2D eigenvalue weighted by atomic mass is 10.1. The summed E-state index contributed by atoms with van der Waals surface area (Å²) in [5.74, 6) is -2.36. The number of aliphatic carboxylic acids is 1. The fourth-order valence-electron chi connectivity index (χ4n) is 2.94. The fourth-order valence-corrected chi connectivity index (χ4v) is 4.08. The second kappa shape index (κ2) is 10.3. The molecule has 0 saturated heterocycles. The minimum absolute atomic E-state index is 0.00735. The van der Waals surface area contributed by atoms with Crippen molar-refractivity contribution in [2.24, 2.45) is 0 Å². The van der Waals surface area contributed by atoms with Gasteiger partial charge in [-0.15, -0.1) is 11.3 Å². The van der Waals surface area contributed by atoms with Crippen LogP contribution in [0, 0.1) is 13.8 Å². The third kappa shape index (κ3) is 6.18. The predicted molar refractivity (Wildman–Crippen MR) is 125 cm³/mol. The molecule has 8 nitrogen and oxygen atoms in total. The number of hydrogen-bond acceptors (Lipinski definition) is 6. The number of carboxylic acids is 1. The van der Waals surface area contributed by atoms with Crippen molar-refractivity contribution in [2.45, 2.75) is 20.4 Å². The minimum atomic E-state index is -1.31. The first-order valence-corrected chi connectivity index (χ1v) is 10.9. The summed E-state index contributed by atoms with van der Waals surface area (Å²) in [5, 5.41) is 24.8. The molecule has 2 amide bonds. The van der Waals surface area contributed by atoms with Crippen molar-refractivity contribution in [1.82, 2.24) is 15.6 Å². The molecule has 0 atom stereocenters. The van der Waals surface area contributed by atoms with Crippen molar-refractivity contribution in [3.05, 3.63) is 85.5 Å². The molecule has 170 valence electrons. The maximum atomic E-state index is 12.6. The lowest BCUT2D eigenvalue weighted by Crippen LogP contribution is -2.28. The Balaban J connectivity index is 1.72. The van der Waals surface area contributed by atoms with Crippen LogP contribution in [0.3, 0.4) is 0 Å². The van der Waals surface area contributed by atoms with Crippen LogP contribution in [-0.2, 0) is 11.3 Å². The first-order chi connectivity index (χ1) is 15.6. The first kappa shape index (κ1) is 24.0. The Bertz CT molecular complexity index is 1270. The number of halogens is 1. The fraction of sp³-hybridized carbons (Fsp3) is 0.130. The van der Waals surface area contributed by atoms with Crippen LogP contribution in [0.5, 0.6) is 5.75 Å². The molecule has 0 spiro atoms. The van der Waals surface area contributed by atoms with Gasteiger partial charge < -0.3 is 20.8 Å². The van der Waals surface area contributed by atoms with Crippen molar-refractivity contribution in [2.75, 3.05) is 0 Å². The zero-order chi connectivity index (χ0) is 24.1. The number of phenols is 1. The van der Waals surface area contributed by atoms with E-state index in [9.17, 15) is 24.6 Å². The van der Waals surface area contributed by atoms with E-state index in [0.29, 0.717) is 16.1 Å². The molecule has 0 saturated carbocycles. The van der Waals surface area contributed by atoms with Gasteiger partial charge in [-0.25, -0.2) is 9.78 Å². The Kier molecular flexibility index (Phi) is 7.47. The van der Waals surface area contributed by atoms with Crippen molar-refractivity contribution in [1.29, 1.82) is 0 Å². The zero-order valence-corrected chi connectivity index (χ0v) is 19.3. The van der Waals surface area contributed by atoms with E-state index in [2.05, 4.69) is 15.6 Å². The van der Waals surface area contributed by atoms with Crippen LogP contribution in [-0.4, -0.2) is 33.0 Å². The highest BCUT2D eigenvalue weighted by atomic mass is 35.5. The maximum absolute atomic E-state index is 12.6. The van der Waals surface area contributed by atoms with Crippen LogP contribution in [0.4, 0.5) is 0 Å². The normalized spacial score (nSPS) is 11.2. The SMILES string of the molecule is Cc1nc(C)c(/C=C(\NC(=O)c2ccc(C(=O)NCc3cccc(O)c3)cc2Cl)C(=O)O)s1. The second-order valence-corrected chi connectivity index (χ2v) is 8.69. The summed E-state index contributed by atoms with van der Waals surface area (Å²) in [5.41, 5.74) is 1.29. The number of hydrogen-bond donors (Lipinski definition) is 4. The van der Waals surface area contributed by atoms with Crippen molar-refractivity contribution in [3.8, 4) is 5.75 Å². The van der Waals surface area contributed by atoms with Crippen LogP contribution in [0.1, 0.15) is 41.9 Å². The highest BCUT2D eigenvalue weighted by Gasteiger charge is 2.18. The molecular formula is C23H20ClN3O5S. The number of thiazole rings is 1. The molecule has 0 unspecified atom stereocenters. The Hall–Kier alpha value is -3.69. The Morgan fingerprint density at radius 3 is 2.48 bits per heavy atom. The molecule has 4 N–H and O–H groups in total. The first-order valence-electron chi connectivity index (χ1n) is 9.70. The topological polar surface area (TPSA) is 129 Å². The number of rotatable bonds is 7. The maximum Gasteiger partial charge on any atom is 0.352 e. The predicted octanol–water partition coefficient (Wildman–Crippen LogP) is 3.90. The van der Waals surface area contributed by atoms with Gasteiger partial charge in [0.15, 0.2) is 0 Å². The van der Waals surface area contributed by atoms with Gasteiger partial charge in [-0.05, 0) is 55.8 Å². The number of phenolic OH excluding ortho intramolecular Hbond substituents is 1. The number of carbonyl (C=O) groups excluding carboxylic acids is 2. The number of aromatic hydroxyl groups is 1. The molecule has 1 aromatic heterocycles. The Labute approximate surface area is 198 Å². The molecular weight excluding hydrogens is 466 g/mol. The number of nitrogens with zero attached hydrogens (tertiary/aromatic N) is 1. The molecule has 0 aliphatic rings.